The van der Waals surface area contributed by atoms with Crippen molar-refractivity contribution >= 4 is 40.9 Å². The highest BCUT2D eigenvalue weighted by Gasteiger charge is 2.10. The fourth-order valence-electron chi connectivity index (χ4n) is 2.06. The van der Waals surface area contributed by atoms with Crippen molar-refractivity contribution in [2.75, 3.05) is 5.32 Å². The summed E-state index contributed by atoms with van der Waals surface area (Å²) in [6.07, 6.45) is 1.55. The molecule has 1 N–H and O–H groups in total. The average Bonchev–Trinajstić information content (AvgIpc) is 2.56. The van der Waals surface area contributed by atoms with Crippen LogP contribution in [0.3, 0.4) is 0 Å². The second kappa shape index (κ2) is 8.01. The normalized spacial score (nSPS) is 11.2. The zero-order chi connectivity index (χ0) is 17.7. The molecule has 2 aromatic rings. The summed E-state index contributed by atoms with van der Waals surface area (Å²) in [7, 11) is 0. The third-order valence-corrected chi connectivity index (χ3v) is 4.20. The van der Waals surface area contributed by atoms with Gasteiger partial charge in [0.15, 0.2) is 0 Å². The Hall–Kier alpha value is -2.28. The van der Waals surface area contributed by atoms with Crippen LogP contribution in [0.1, 0.15) is 30.9 Å². The van der Waals surface area contributed by atoms with E-state index in [4.69, 9.17) is 23.2 Å². The number of carbonyl (C=O) groups is 1. The Kier molecular flexibility index (Phi) is 6.03. The first-order chi connectivity index (χ1) is 11.4. The lowest BCUT2D eigenvalue weighted by molar-refractivity contribution is -0.112. The van der Waals surface area contributed by atoms with Gasteiger partial charge in [0.05, 0.1) is 10.0 Å². The number of carbonyl (C=O) groups excluding carboxylic acids is 1. The molecule has 0 bridgehead atoms. The molecule has 0 heterocycles. The zero-order valence-corrected chi connectivity index (χ0v) is 14.8. The van der Waals surface area contributed by atoms with Crippen LogP contribution < -0.4 is 5.32 Å². The minimum atomic E-state index is -0.496. The van der Waals surface area contributed by atoms with Crippen molar-refractivity contribution in [3.05, 3.63) is 69.2 Å². The maximum atomic E-state index is 12.2. The second-order valence-corrected chi connectivity index (χ2v) is 6.39. The lowest BCUT2D eigenvalue weighted by Gasteiger charge is -2.07. The number of halogens is 2. The first-order valence-corrected chi connectivity index (χ1v) is 8.14. The van der Waals surface area contributed by atoms with E-state index in [0.29, 0.717) is 21.7 Å². The molecular weight excluding hydrogens is 343 g/mol. The zero-order valence-electron chi connectivity index (χ0n) is 13.3. The van der Waals surface area contributed by atoms with Crippen LogP contribution in [0, 0.1) is 11.3 Å². The predicted molar refractivity (Wildman–Crippen MR) is 99.2 cm³/mol. The lowest BCUT2D eigenvalue weighted by atomic mass is 10.0. The van der Waals surface area contributed by atoms with Gasteiger partial charge in [-0.1, -0.05) is 61.3 Å². The molecule has 2 rings (SSSR count). The smallest absolute Gasteiger partial charge is 0.266 e. The van der Waals surface area contributed by atoms with Gasteiger partial charge in [0, 0.05) is 5.69 Å². The van der Waals surface area contributed by atoms with Gasteiger partial charge in [0.2, 0.25) is 0 Å². The number of hydrogen-bond acceptors (Lipinski definition) is 2. The number of nitrogens with zero attached hydrogens (tertiary/aromatic N) is 1. The number of amides is 1. The molecule has 0 aliphatic rings. The van der Waals surface area contributed by atoms with Crippen molar-refractivity contribution in [3.63, 3.8) is 0 Å². The fourth-order valence-corrected chi connectivity index (χ4v) is 2.36. The van der Waals surface area contributed by atoms with E-state index in [0.717, 1.165) is 5.56 Å². The quantitative estimate of drug-likeness (QED) is 0.565. The number of nitriles is 1. The number of rotatable bonds is 4. The molecular formula is C19H16Cl2N2O. The van der Waals surface area contributed by atoms with Crippen LogP contribution in [0.25, 0.3) is 6.08 Å². The molecule has 0 fully saturated rings. The Morgan fingerprint density at radius 2 is 1.79 bits per heavy atom. The molecule has 0 aromatic heterocycles. The van der Waals surface area contributed by atoms with Crippen LogP contribution in [0.4, 0.5) is 5.69 Å². The molecule has 0 saturated carbocycles. The molecule has 24 heavy (non-hydrogen) atoms. The summed E-state index contributed by atoms with van der Waals surface area (Å²) in [5.74, 6) is -0.0692. The number of nitrogens with one attached hydrogen (secondary N) is 1. The molecule has 0 aliphatic carbocycles. The number of anilines is 1. The minimum absolute atomic E-state index is 0.0124. The highest BCUT2D eigenvalue weighted by molar-refractivity contribution is 6.42. The number of hydrogen-bond donors (Lipinski definition) is 1. The van der Waals surface area contributed by atoms with Crippen LogP contribution in [-0.4, -0.2) is 5.91 Å². The van der Waals surface area contributed by atoms with Gasteiger partial charge in [-0.25, -0.2) is 0 Å². The summed E-state index contributed by atoms with van der Waals surface area (Å²) in [4.78, 5) is 12.2. The van der Waals surface area contributed by atoms with E-state index in [9.17, 15) is 10.1 Å². The maximum absolute atomic E-state index is 12.2. The molecule has 0 saturated heterocycles. The van der Waals surface area contributed by atoms with Crippen molar-refractivity contribution in [1.29, 1.82) is 5.26 Å². The van der Waals surface area contributed by atoms with Crippen LogP contribution in [0.15, 0.2) is 48.0 Å². The predicted octanol–water partition coefficient (Wildman–Crippen LogP) is 5.66. The van der Waals surface area contributed by atoms with Crippen molar-refractivity contribution in [3.8, 4) is 6.07 Å². The van der Waals surface area contributed by atoms with Crippen LogP contribution in [0.5, 0.6) is 0 Å². The standard InChI is InChI=1S/C19H16Cl2N2O/c1-12(2)14-5-3-13(4-6-14)9-15(11-22)19(24)23-16-7-8-17(20)18(21)10-16/h3-10,12H,1-2H3,(H,23,24). The summed E-state index contributed by atoms with van der Waals surface area (Å²) in [5.41, 5.74) is 2.48. The highest BCUT2D eigenvalue weighted by atomic mass is 35.5. The topological polar surface area (TPSA) is 52.9 Å². The van der Waals surface area contributed by atoms with Gasteiger partial charge in [0.1, 0.15) is 11.6 Å². The van der Waals surface area contributed by atoms with Crippen molar-refractivity contribution < 1.29 is 4.79 Å². The van der Waals surface area contributed by atoms with Gasteiger partial charge in [-0.3, -0.25) is 4.79 Å². The van der Waals surface area contributed by atoms with E-state index in [1.165, 1.54) is 11.6 Å². The largest absolute Gasteiger partial charge is 0.321 e. The summed E-state index contributed by atoms with van der Waals surface area (Å²) in [5, 5.41) is 12.6. The molecule has 0 unspecified atom stereocenters. The molecule has 2 aromatic carbocycles. The maximum Gasteiger partial charge on any atom is 0.266 e. The van der Waals surface area contributed by atoms with E-state index in [2.05, 4.69) is 19.2 Å². The van der Waals surface area contributed by atoms with Crippen molar-refractivity contribution in [2.45, 2.75) is 19.8 Å². The van der Waals surface area contributed by atoms with Crippen LogP contribution >= 0.6 is 23.2 Å². The van der Waals surface area contributed by atoms with E-state index < -0.39 is 5.91 Å². The molecule has 0 aliphatic heterocycles. The molecule has 0 spiro atoms. The average molecular weight is 359 g/mol. The van der Waals surface area contributed by atoms with Crippen molar-refractivity contribution in [2.24, 2.45) is 0 Å². The van der Waals surface area contributed by atoms with Gasteiger partial charge >= 0.3 is 0 Å². The van der Waals surface area contributed by atoms with Crippen LogP contribution in [0.2, 0.25) is 10.0 Å². The highest BCUT2D eigenvalue weighted by Crippen LogP contribution is 2.25. The Morgan fingerprint density at radius 3 is 2.33 bits per heavy atom. The third kappa shape index (κ3) is 4.61. The number of benzene rings is 2. The van der Waals surface area contributed by atoms with E-state index in [1.54, 1.807) is 18.2 Å². The van der Waals surface area contributed by atoms with E-state index in [1.807, 2.05) is 30.3 Å². The van der Waals surface area contributed by atoms with Crippen molar-refractivity contribution in [1.82, 2.24) is 0 Å². The Morgan fingerprint density at radius 1 is 1.12 bits per heavy atom. The summed E-state index contributed by atoms with van der Waals surface area (Å²) < 4.78 is 0. The van der Waals surface area contributed by atoms with E-state index >= 15 is 0 Å². The molecule has 0 radical (unpaired) electrons. The Balaban J connectivity index is 2.18. The lowest BCUT2D eigenvalue weighted by Crippen LogP contribution is -2.13. The van der Waals surface area contributed by atoms with Crippen LogP contribution in [-0.2, 0) is 4.79 Å². The van der Waals surface area contributed by atoms with Gasteiger partial charge in [0.25, 0.3) is 5.91 Å². The van der Waals surface area contributed by atoms with Gasteiger partial charge in [-0.2, -0.15) is 5.26 Å². The second-order valence-electron chi connectivity index (χ2n) is 5.57. The molecule has 122 valence electrons. The summed E-state index contributed by atoms with van der Waals surface area (Å²) in [6, 6.07) is 14.4. The van der Waals surface area contributed by atoms with Gasteiger partial charge in [-0.15, -0.1) is 0 Å². The first kappa shape index (κ1) is 18.1. The van der Waals surface area contributed by atoms with E-state index in [-0.39, 0.29) is 5.57 Å². The summed E-state index contributed by atoms with van der Waals surface area (Å²) in [6.45, 7) is 4.21. The van der Waals surface area contributed by atoms with Gasteiger partial charge < -0.3 is 5.32 Å². The molecule has 5 heteroatoms. The SMILES string of the molecule is CC(C)c1ccc(C=C(C#N)C(=O)Nc2ccc(Cl)c(Cl)c2)cc1. The third-order valence-electron chi connectivity index (χ3n) is 3.46. The molecule has 0 atom stereocenters. The first-order valence-electron chi connectivity index (χ1n) is 7.39. The monoisotopic (exact) mass is 358 g/mol. The molecule has 1 amide bonds. The van der Waals surface area contributed by atoms with Gasteiger partial charge in [-0.05, 0) is 41.3 Å². The fraction of sp³-hybridized carbons (Fsp3) is 0.158. The Bertz CT molecular complexity index is 818. The Labute approximate surface area is 151 Å². The minimum Gasteiger partial charge on any atom is -0.321 e. The summed E-state index contributed by atoms with van der Waals surface area (Å²) >= 11 is 11.8. The molecule has 3 nitrogen and oxygen atoms in total.